The van der Waals surface area contributed by atoms with Crippen LogP contribution in [0.5, 0.6) is 5.75 Å². The Bertz CT molecular complexity index is 494. The van der Waals surface area contributed by atoms with E-state index in [4.69, 9.17) is 9.47 Å². The minimum atomic E-state index is 0.137. The van der Waals surface area contributed by atoms with Crippen molar-refractivity contribution in [2.24, 2.45) is 0 Å². The number of carbonyl (C=O) groups excluding carboxylic acids is 1. The molecule has 0 aromatic heterocycles. The molecule has 2 aliphatic heterocycles. The predicted octanol–water partition coefficient (Wildman–Crippen LogP) is 3.26. The summed E-state index contributed by atoms with van der Waals surface area (Å²) in [7, 11) is 0. The van der Waals surface area contributed by atoms with Crippen molar-refractivity contribution in [3.8, 4) is 5.75 Å². The molecule has 22 heavy (non-hydrogen) atoms. The molecule has 1 aromatic rings. The Balaban J connectivity index is 1.57. The molecule has 4 nitrogen and oxygen atoms in total. The number of amides is 1. The first kappa shape index (κ1) is 15.3. The first-order chi connectivity index (χ1) is 10.7. The molecule has 3 rings (SSSR count). The molecule has 0 aliphatic carbocycles. The molecule has 0 radical (unpaired) electrons. The van der Waals surface area contributed by atoms with Crippen LogP contribution in [0.25, 0.3) is 0 Å². The molecule has 1 amide bonds. The summed E-state index contributed by atoms with van der Waals surface area (Å²) < 4.78 is 11.3. The van der Waals surface area contributed by atoms with Crippen molar-refractivity contribution in [1.82, 2.24) is 4.90 Å². The zero-order valence-electron chi connectivity index (χ0n) is 13.3. The molecule has 4 heteroatoms. The van der Waals surface area contributed by atoms with Gasteiger partial charge in [0, 0.05) is 24.8 Å². The highest BCUT2D eigenvalue weighted by Crippen LogP contribution is 2.21. The number of hydrogen-bond acceptors (Lipinski definition) is 3. The normalized spacial score (nSPS) is 25.2. The first-order valence-corrected chi connectivity index (χ1v) is 8.39. The summed E-state index contributed by atoms with van der Waals surface area (Å²) in [5, 5.41) is 0. The Morgan fingerprint density at radius 2 is 2.05 bits per heavy atom. The second-order valence-corrected chi connectivity index (χ2v) is 6.31. The van der Waals surface area contributed by atoms with Gasteiger partial charge in [-0.15, -0.1) is 0 Å². The smallest absolute Gasteiger partial charge is 0.254 e. The van der Waals surface area contributed by atoms with Crippen LogP contribution in [0, 0.1) is 0 Å². The van der Waals surface area contributed by atoms with Crippen LogP contribution in [0.2, 0.25) is 0 Å². The van der Waals surface area contributed by atoms with Crippen LogP contribution in [0.15, 0.2) is 24.3 Å². The molecule has 2 fully saturated rings. The maximum absolute atomic E-state index is 12.6. The van der Waals surface area contributed by atoms with Gasteiger partial charge in [-0.05, 0) is 63.3 Å². The summed E-state index contributed by atoms with van der Waals surface area (Å²) >= 11 is 0. The van der Waals surface area contributed by atoms with E-state index in [1.807, 2.05) is 29.2 Å². The zero-order chi connectivity index (χ0) is 15.4. The maximum atomic E-state index is 12.6. The zero-order valence-corrected chi connectivity index (χ0v) is 13.3. The quantitative estimate of drug-likeness (QED) is 0.857. The van der Waals surface area contributed by atoms with Crippen LogP contribution in [-0.4, -0.2) is 42.7 Å². The Morgan fingerprint density at radius 1 is 1.23 bits per heavy atom. The van der Waals surface area contributed by atoms with E-state index in [0.717, 1.165) is 50.1 Å². The second-order valence-electron chi connectivity index (χ2n) is 6.31. The van der Waals surface area contributed by atoms with Gasteiger partial charge in [0.15, 0.2) is 0 Å². The van der Waals surface area contributed by atoms with Gasteiger partial charge in [0.2, 0.25) is 0 Å². The number of hydrogen-bond donors (Lipinski definition) is 0. The lowest BCUT2D eigenvalue weighted by atomic mass is 10.0. The van der Waals surface area contributed by atoms with Gasteiger partial charge in [0.1, 0.15) is 12.4 Å². The summed E-state index contributed by atoms with van der Waals surface area (Å²) in [6.07, 6.45) is 5.85. The average molecular weight is 303 g/mol. The molecule has 0 spiro atoms. The summed E-state index contributed by atoms with van der Waals surface area (Å²) in [6.45, 7) is 4.44. The number of piperidine rings is 1. The third kappa shape index (κ3) is 3.61. The van der Waals surface area contributed by atoms with Gasteiger partial charge in [-0.25, -0.2) is 0 Å². The SMILES string of the molecule is C[C@H]1CCCCN1C(=O)c1ccc(OC[C@@H]2CCCO2)cc1. The molecule has 2 heterocycles. The van der Waals surface area contributed by atoms with Crippen molar-refractivity contribution in [3.63, 3.8) is 0 Å². The van der Waals surface area contributed by atoms with Crippen LogP contribution in [0.3, 0.4) is 0 Å². The molecule has 0 N–H and O–H groups in total. The number of ether oxygens (including phenoxy) is 2. The highest BCUT2D eigenvalue weighted by Gasteiger charge is 2.24. The Morgan fingerprint density at radius 3 is 2.73 bits per heavy atom. The van der Waals surface area contributed by atoms with Gasteiger partial charge in [-0.2, -0.15) is 0 Å². The molecule has 0 saturated carbocycles. The fraction of sp³-hybridized carbons (Fsp3) is 0.611. The van der Waals surface area contributed by atoms with Crippen molar-refractivity contribution in [3.05, 3.63) is 29.8 Å². The van der Waals surface area contributed by atoms with E-state index in [-0.39, 0.29) is 12.0 Å². The number of likely N-dealkylation sites (tertiary alicyclic amines) is 1. The third-order valence-corrected chi connectivity index (χ3v) is 4.62. The molecular formula is C18H25NO3. The Hall–Kier alpha value is -1.55. The lowest BCUT2D eigenvalue weighted by molar-refractivity contribution is 0.0634. The highest BCUT2D eigenvalue weighted by atomic mass is 16.5. The monoisotopic (exact) mass is 303 g/mol. The molecule has 120 valence electrons. The fourth-order valence-corrected chi connectivity index (χ4v) is 3.22. The largest absolute Gasteiger partial charge is 0.491 e. The summed E-state index contributed by atoms with van der Waals surface area (Å²) in [4.78, 5) is 14.5. The highest BCUT2D eigenvalue weighted by molar-refractivity contribution is 5.94. The van der Waals surface area contributed by atoms with E-state index in [1.54, 1.807) is 0 Å². The van der Waals surface area contributed by atoms with Crippen LogP contribution >= 0.6 is 0 Å². The molecule has 0 bridgehead atoms. The Kier molecular flexibility index (Phi) is 4.98. The maximum Gasteiger partial charge on any atom is 0.254 e. The van der Waals surface area contributed by atoms with Crippen molar-refractivity contribution < 1.29 is 14.3 Å². The van der Waals surface area contributed by atoms with E-state index in [0.29, 0.717) is 12.6 Å². The van der Waals surface area contributed by atoms with Gasteiger partial charge >= 0.3 is 0 Å². The Labute approximate surface area is 132 Å². The average Bonchev–Trinajstić information content (AvgIpc) is 3.07. The third-order valence-electron chi connectivity index (χ3n) is 4.62. The summed E-state index contributed by atoms with van der Waals surface area (Å²) in [6, 6.07) is 7.85. The van der Waals surface area contributed by atoms with E-state index >= 15 is 0 Å². The van der Waals surface area contributed by atoms with E-state index < -0.39 is 0 Å². The summed E-state index contributed by atoms with van der Waals surface area (Å²) in [5.41, 5.74) is 0.748. The number of rotatable bonds is 4. The van der Waals surface area contributed by atoms with Gasteiger partial charge < -0.3 is 14.4 Å². The predicted molar refractivity (Wildman–Crippen MR) is 85.3 cm³/mol. The minimum Gasteiger partial charge on any atom is -0.491 e. The fourth-order valence-electron chi connectivity index (χ4n) is 3.22. The minimum absolute atomic E-state index is 0.137. The van der Waals surface area contributed by atoms with Crippen molar-refractivity contribution in [1.29, 1.82) is 0 Å². The number of benzene rings is 1. The lowest BCUT2D eigenvalue weighted by Crippen LogP contribution is -2.41. The number of nitrogens with zero attached hydrogens (tertiary/aromatic N) is 1. The molecule has 2 aliphatic rings. The molecule has 2 atom stereocenters. The van der Waals surface area contributed by atoms with Gasteiger partial charge in [0.25, 0.3) is 5.91 Å². The number of carbonyl (C=O) groups is 1. The van der Waals surface area contributed by atoms with Crippen LogP contribution in [0.1, 0.15) is 49.4 Å². The molecule has 2 saturated heterocycles. The first-order valence-electron chi connectivity index (χ1n) is 8.39. The second kappa shape index (κ2) is 7.14. The van der Waals surface area contributed by atoms with Gasteiger partial charge in [-0.1, -0.05) is 0 Å². The van der Waals surface area contributed by atoms with Crippen molar-refractivity contribution in [2.75, 3.05) is 19.8 Å². The van der Waals surface area contributed by atoms with Crippen molar-refractivity contribution >= 4 is 5.91 Å². The molecule has 1 aromatic carbocycles. The topological polar surface area (TPSA) is 38.8 Å². The van der Waals surface area contributed by atoms with Gasteiger partial charge in [-0.3, -0.25) is 4.79 Å². The molecule has 0 unspecified atom stereocenters. The van der Waals surface area contributed by atoms with Crippen LogP contribution in [-0.2, 0) is 4.74 Å². The van der Waals surface area contributed by atoms with Crippen LogP contribution < -0.4 is 4.74 Å². The summed E-state index contributed by atoms with van der Waals surface area (Å²) in [5.74, 6) is 0.941. The lowest BCUT2D eigenvalue weighted by Gasteiger charge is -2.33. The van der Waals surface area contributed by atoms with E-state index in [2.05, 4.69) is 6.92 Å². The van der Waals surface area contributed by atoms with Crippen LogP contribution in [0.4, 0.5) is 0 Å². The molecular weight excluding hydrogens is 278 g/mol. The van der Waals surface area contributed by atoms with Gasteiger partial charge in [0.05, 0.1) is 6.10 Å². The van der Waals surface area contributed by atoms with E-state index in [9.17, 15) is 4.79 Å². The standard InChI is InChI=1S/C18H25NO3/c1-14-5-2-3-11-19(14)18(20)15-7-9-16(10-8-15)22-13-17-6-4-12-21-17/h7-10,14,17H,2-6,11-13H2,1H3/t14-,17-/m0/s1. The van der Waals surface area contributed by atoms with Crippen molar-refractivity contribution in [2.45, 2.75) is 51.2 Å². The van der Waals surface area contributed by atoms with E-state index in [1.165, 1.54) is 6.42 Å².